The van der Waals surface area contributed by atoms with Gasteiger partial charge in [0.25, 0.3) is 0 Å². The normalized spacial score (nSPS) is 28.8. The number of carbonyl (C=O) groups excluding carboxylic acids is 1. The van der Waals surface area contributed by atoms with Crippen molar-refractivity contribution < 1.29 is 22.3 Å². The summed E-state index contributed by atoms with van der Waals surface area (Å²) in [5, 5.41) is 0. The Kier molecular flexibility index (Phi) is 5.92. The first-order chi connectivity index (χ1) is 13.8. The first-order valence-corrected chi connectivity index (χ1v) is 11.8. The Hall–Kier alpha value is -1.55. The van der Waals surface area contributed by atoms with E-state index >= 15 is 0 Å². The maximum absolute atomic E-state index is 13.6. The maximum Gasteiger partial charge on any atom is 0.219 e. The molecule has 4 rings (SSSR count). The van der Waals surface area contributed by atoms with Crippen molar-refractivity contribution in [2.24, 2.45) is 0 Å². The van der Waals surface area contributed by atoms with Crippen LogP contribution in [-0.4, -0.2) is 85.2 Å². The predicted octanol–water partition coefficient (Wildman–Crippen LogP) is 1.05. The Balaban J connectivity index is 1.50. The highest BCUT2D eigenvalue weighted by molar-refractivity contribution is 7.89. The van der Waals surface area contributed by atoms with Gasteiger partial charge >= 0.3 is 0 Å². The van der Waals surface area contributed by atoms with Crippen molar-refractivity contribution in [2.45, 2.75) is 44.5 Å². The summed E-state index contributed by atoms with van der Waals surface area (Å²) in [7, 11) is -3.49. The lowest BCUT2D eigenvalue weighted by molar-refractivity contribution is -0.130. The van der Waals surface area contributed by atoms with Crippen LogP contribution < -0.4 is 0 Å². The van der Waals surface area contributed by atoms with E-state index in [4.69, 9.17) is 4.74 Å². The molecule has 3 fully saturated rings. The molecule has 29 heavy (non-hydrogen) atoms. The third-order valence-corrected chi connectivity index (χ3v) is 8.12. The van der Waals surface area contributed by atoms with E-state index in [2.05, 4.69) is 4.90 Å². The summed E-state index contributed by atoms with van der Waals surface area (Å²) in [5.74, 6) is -0.315. The van der Waals surface area contributed by atoms with Gasteiger partial charge in [0.05, 0.1) is 24.5 Å². The quantitative estimate of drug-likeness (QED) is 0.724. The number of likely N-dealkylation sites (tertiary alicyclic amines) is 2. The number of amides is 1. The highest BCUT2D eigenvalue weighted by Crippen LogP contribution is 2.30. The lowest BCUT2D eigenvalue weighted by Crippen LogP contribution is -2.47. The molecular formula is C20H28FN3O4S. The van der Waals surface area contributed by atoms with Crippen molar-refractivity contribution in [1.29, 1.82) is 0 Å². The van der Waals surface area contributed by atoms with Crippen molar-refractivity contribution in [3.05, 3.63) is 35.6 Å². The largest absolute Gasteiger partial charge is 0.374 e. The van der Waals surface area contributed by atoms with E-state index in [0.717, 1.165) is 25.9 Å². The van der Waals surface area contributed by atoms with Gasteiger partial charge in [-0.2, -0.15) is 4.31 Å². The number of carbonyl (C=O) groups is 1. The van der Waals surface area contributed by atoms with E-state index in [0.29, 0.717) is 24.7 Å². The van der Waals surface area contributed by atoms with Crippen LogP contribution in [0.25, 0.3) is 0 Å². The topological polar surface area (TPSA) is 70.2 Å². The number of benzene rings is 1. The summed E-state index contributed by atoms with van der Waals surface area (Å²) in [5.41, 5.74) is 0.641. The summed E-state index contributed by atoms with van der Waals surface area (Å²) in [6.07, 6.45) is 1.58. The Bertz CT molecular complexity index is 857. The fraction of sp³-hybridized carbons (Fsp3) is 0.650. The van der Waals surface area contributed by atoms with Gasteiger partial charge in [0.15, 0.2) is 0 Å². The average molecular weight is 426 g/mol. The van der Waals surface area contributed by atoms with Gasteiger partial charge in [-0.05, 0) is 30.5 Å². The summed E-state index contributed by atoms with van der Waals surface area (Å²) in [6.45, 7) is 4.68. The van der Waals surface area contributed by atoms with Gasteiger partial charge in [0, 0.05) is 45.7 Å². The molecule has 0 bridgehead atoms. The van der Waals surface area contributed by atoms with Gasteiger partial charge in [-0.25, -0.2) is 12.8 Å². The predicted molar refractivity (Wildman–Crippen MR) is 106 cm³/mol. The number of hydrogen-bond donors (Lipinski definition) is 0. The molecule has 0 radical (unpaired) electrons. The molecule has 3 saturated heterocycles. The summed E-state index contributed by atoms with van der Waals surface area (Å²) >= 11 is 0. The second-order valence-corrected chi connectivity index (χ2v) is 10.2. The van der Waals surface area contributed by atoms with E-state index in [-0.39, 0.29) is 42.8 Å². The van der Waals surface area contributed by atoms with Crippen molar-refractivity contribution in [2.75, 3.05) is 38.5 Å². The molecule has 1 aromatic carbocycles. The van der Waals surface area contributed by atoms with Crippen LogP contribution in [-0.2, 0) is 26.1 Å². The molecule has 7 nitrogen and oxygen atoms in total. The third-order valence-electron chi connectivity index (χ3n) is 6.32. The Morgan fingerprint density at radius 3 is 2.69 bits per heavy atom. The minimum Gasteiger partial charge on any atom is -0.374 e. The number of rotatable bonds is 3. The van der Waals surface area contributed by atoms with Crippen LogP contribution in [0.5, 0.6) is 0 Å². The zero-order valence-electron chi connectivity index (χ0n) is 16.7. The first-order valence-electron chi connectivity index (χ1n) is 10.2. The van der Waals surface area contributed by atoms with Gasteiger partial charge in [0.2, 0.25) is 15.9 Å². The summed E-state index contributed by atoms with van der Waals surface area (Å²) < 4.78 is 46.9. The molecule has 1 amide bonds. The number of sulfonamides is 1. The molecule has 0 unspecified atom stereocenters. The van der Waals surface area contributed by atoms with Crippen LogP contribution in [0.4, 0.5) is 4.39 Å². The standard InChI is InChI=1S/C20H28FN3O4S/c1-15(25)22-7-5-18(6-8-22)23-13-19-20(14-23)28-9-10-29(26,27)24(19)12-16-3-2-4-17(21)11-16/h2-4,11,18-20H,5-10,12-14H2,1H3/t19-,20+/m1/s1. The molecule has 3 aliphatic heterocycles. The molecule has 3 aliphatic rings. The molecule has 160 valence electrons. The van der Waals surface area contributed by atoms with Gasteiger partial charge in [-0.1, -0.05) is 12.1 Å². The highest BCUT2D eigenvalue weighted by atomic mass is 32.2. The first kappa shape index (κ1) is 20.7. The van der Waals surface area contributed by atoms with Crippen LogP contribution in [0.1, 0.15) is 25.3 Å². The van der Waals surface area contributed by atoms with E-state index in [1.165, 1.54) is 16.4 Å². The molecule has 0 aliphatic carbocycles. The van der Waals surface area contributed by atoms with E-state index in [9.17, 15) is 17.6 Å². The molecule has 2 atom stereocenters. The highest BCUT2D eigenvalue weighted by Gasteiger charge is 2.46. The smallest absolute Gasteiger partial charge is 0.219 e. The van der Waals surface area contributed by atoms with Crippen molar-refractivity contribution >= 4 is 15.9 Å². The molecule has 0 saturated carbocycles. The van der Waals surface area contributed by atoms with Crippen LogP contribution >= 0.6 is 0 Å². The van der Waals surface area contributed by atoms with Gasteiger partial charge in [-0.15, -0.1) is 0 Å². The summed E-state index contributed by atoms with van der Waals surface area (Å²) in [4.78, 5) is 15.7. The lowest BCUT2D eigenvalue weighted by atomic mass is 10.0. The van der Waals surface area contributed by atoms with Crippen LogP contribution in [0.3, 0.4) is 0 Å². The van der Waals surface area contributed by atoms with E-state index in [1.54, 1.807) is 19.1 Å². The molecule has 0 N–H and O–H groups in total. The van der Waals surface area contributed by atoms with Crippen molar-refractivity contribution in [1.82, 2.24) is 14.1 Å². The van der Waals surface area contributed by atoms with Gasteiger partial charge in [0.1, 0.15) is 5.82 Å². The lowest BCUT2D eigenvalue weighted by Gasteiger charge is -2.36. The zero-order chi connectivity index (χ0) is 20.6. The van der Waals surface area contributed by atoms with E-state index < -0.39 is 10.0 Å². The van der Waals surface area contributed by atoms with Crippen molar-refractivity contribution in [3.8, 4) is 0 Å². The monoisotopic (exact) mass is 425 g/mol. The molecule has 9 heteroatoms. The molecular weight excluding hydrogens is 397 g/mol. The second kappa shape index (κ2) is 8.29. The summed E-state index contributed by atoms with van der Waals surface area (Å²) in [6, 6.07) is 6.14. The van der Waals surface area contributed by atoms with Gasteiger partial charge in [-0.3, -0.25) is 9.69 Å². The maximum atomic E-state index is 13.6. The fourth-order valence-electron chi connectivity index (χ4n) is 4.73. The fourth-order valence-corrected chi connectivity index (χ4v) is 6.23. The number of hydrogen-bond acceptors (Lipinski definition) is 5. The average Bonchev–Trinajstić information content (AvgIpc) is 3.05. The second-order valence-electron chi connectivity index (χ2n) is 8.16. The number of nitrogens with zero attached hydrogens (tertiary/aromatic N) is 3. The Labute approximate surface area is 171 Å². The Morgan fingerprint density at radius 1 is 1.24 bits per heavy atom. The minimum absolute atomic E-state index is 0.0493. The van der Waals surface area contributed by atoms with Crippen LogP contribution in [0.15, 0.2) is 24.3 Å². The molecule has 3 heterocycles. The SMILES string of the molecule is CC(=O)N1CCC(N2C[C@@H]3OCCS(=O)(=O)N(Cc4cccc(F)c4)[C@@H]3C2)CC1. The molecule has 0 spiro atoms. The number of halogens is 1. The molecule has 1 aromatic rings. The van der Waals surface area contributed by atoms with Crippen LogP contribution in [0.2, 0.25) is 0 Å². The Morgan fingerprint density at radius 2 is 2.00 bits per heavy atom. The van der Waals surface area contributed by atoms with E-state index in [1.807, 2.05) is 4.90 Å². The van der Waals surface area contributed by atoms with Crippen molar-refractivity contribution in [3.63, 3.8) is 0 Å². The number of piperidine rings is 1. The minimum atomic E-state index is -3.49. The number of fused-ring (bicyclic) bond motifs is 1. The third kappa shape index (κ3) is 4.47. The number of ether oxygens (including phenoxy) is 1. The van der Waals surface area contributed by atoms with Gasteiger partial charge < -0.3 is 9.64 Å². The van der Waals surface area contributed by atoms with Crippen LogP contribution in [0, 0.1) is 5.82 Å². The molecule has 0 aromatic heterocycles. The zero-order valence-corrected chi connectivity index (χ0v) is 17.5.